The van der Waals surface area contributed by atoms with Gasteiger partial charge in [-0.3, -0.25) is 0 Å². The number of furan rings is 1. The second kappa shape index (κ2) is 13.2. The van der Waals surface area contributed by atoms with Crippen molar-refractivity contribution in [1.29, 1.82) is 0 Å². The van der Waals surface area contributed by atoms with Gasteiger partial charge in [0.05, 0.1) is 11.1 Å². The fourth-order valence-corrected chi connectivity index (χ4v) is 10.0. The van der Waals surface area contributed by atoms with Gasteiger partial charge < -0.3 is 9.32 Å². The number of anilines is 3. The monoisotopic (exact) mass is 751 g/mol. The van der Waals surface area contributed by atoms with Gasteiger partial charge in [-0.25, -0.2) is 0 Å². The third-order valence-electron chi connectivity index (χ3n) is 12.5. The molecular weight excluding hydrogens is 715 g/mol. The molecule has 2 heteroatoms. The standard InChI is InChI=1S/C57H37NO/c1-3-19-40(20-4-1)57(41-21-5-2-6-22-41)52-30-13-11-27-47(52)48-34-33-43(37-53(48)57)58(54-31-16-29-50-49-28-12-14-32-55(49)59-56(50)54)42-23-15-18-38(35-42)51-36-39-17-7-8-24-44(39)45-25-9-10-26-46(45)51/h1-37H. The third kappa shape index (κ3) is 5.00. The van der Waals surface area contributed by atoms with Gasteiger partial charge in [-0.15, -0.1) is 0 Å². The average molecular weight is 752 g/mol. The first-order chi connectivity index (χ1) is 29.3. The van der Waals surface area contributed by atoms with Crippen LogP contribution in [-0.2, 0) is 5.41 Å². The largest absolute Gasteiger partial charge is 0.454 e. The van der Waals surface area contributed by atoms with Crippen molar-refractivity contribution in [3.8, 4) is 22.3 Å². The third-order valence-corrected chi connectivity index (χ3v) is 12.5. The number of rotatable bonds is 6. The Morgan fingerprint density at radius 2 is 0.966 bits per heavy atom. The van der Waals surface area contributed by atoms with E-state index in [0.29, 0.717) is 0 Å². The van der Waals surface area contributed by atoms with Gasteiger partial charge >= 0.3 is 0 Å². The molecule has 0 amide bonds. The second-order valence-electron chi connectivity index (χ2n) is 15.6. The molecule has 0 atom stereocenters. The fraction of sp³-hybridized carbons (Fsp3) is 0.0175. The van der Waals surface area contributed by atoms with Crippen LogP contribution in [0.4, 0.5) is 17.1 Å². The second-order valence-corrected chi connectivity index (χ2v) is 15.6. The van der Waals surface area contributed by atoms with Gasteiger partial charge in [-0.05, 0) is 109 Å². The van der Waals surface area contributed by atoms with Crippen LogP contribution in [0.15, 0.2) is 229 Å². The van der Waals surface area contributed by atoms with E-state index >= 15 is 0 Å². The van der Waals surface area contributed by atoms with Crippen molar-refractivity contribution in [2.75, 3.05) is 4.90 Å². The van der Waals surface area contributed by atoms with Crippen LogP contribution in [0, 0.1) is 0 Å². The van der Waals surface area contributed by atoms with E-state index in [1.165, 1.54) is 60.5 Å². The maximum Gasteiger partial charge on any atom is 0.159 e. The summed E-state index contributed by atoms with van der Waals surface area (Å²) in [5.74, 6) is 0. The number of fused-ring (bicyclic) bond motifs is 9. The maximum absolute atomic E-state index is 6.81. The van der Waals surface area contributed by atoms with Crippen LogP contribution in [0.25, 0.3) is 65.7 Å². The molecule has 0 spiro atoms. The van der Waals surface area contributed by atoms with Gasteiger partial charge in [-0.2, -0.15) is 0 Å². The molecular formula is C57H37NO. The lowest BCUT2D eigenvalue weighted by Crippen LogP contribution is -2.28. The highest BCUT2D eigenvalue weighted by atomic mass is 16.3. The van der Waals surface area contributed by atoms with Crippen LogP contribution in [-0.4, -0.2) is 0 Å². The minimum Gasteiger partial charge on any atom is -0.454 e. The lowest BCUT2D eigenvalue weighted by molar-refractivity contribution is 0.669. The van der Waals surface area contributed by atoms with Crippen molar-refractivity contribution < 1.29 is 4.42 Å². The van der Waals surface area contributed by atoms with Crippen molar-refractivity contribution in [3.05, 3.63) is 247 Å². The van der Waals surface area contributed by atoms with E-state index < -0.39 is 5.41 Å². The van der Waals surface area contributed by atoms with Gasteiger partial charge in [-0.1, -0.05) is 182 Å². The molecule has 1 heterocycles. The molecule has 12 rings (SSSR count). The fourth-order valence-electron chi connectivity index (χ4n) is 10.0. The molecule has 0 saturated carbocycles. The zero-order valence-electron chi connectivity index (χ0n) is 32.2. The SMILES string of the molecule is c1ccc(C2(c3ccccc3)c3ccccc3-c3ccc(N(c4cccc(-c5cc6ccccc6c6ccccc56)c4)c4cccc5c4oc4ccccc45)cc32)cc1. The molecule has 2 nitrogen and oxygen atoms in total. The minimum absolute atomic E-state index is 0.534. The Hall–Kier alpha value is -7.68. The number of hydrogen-bond acceptors (Lipinski definition) is 2. The Labute approximate surface area is 342 Å². The molecule has 1 aliphatic rings. The van der Waals surface area contributed by atoms with E-state index in [9.17, 15) is 0 Å². The molecule has 10 aromatic carbocycles. The van der Waals surface area contributed by atoms with E-state index in [0.717, 1.165) is 44.6 Å². The van der Waals surface area contributed by atoms with Crippen molar-refractivity contribution in [3.63, 3.8) is 0 Å². The van der Waals surface area contributed by atoms with Crippen LogP contribution >= 0.6 is 0 Å². The zero-order chi connectivity index (χ0) is 38.9. The van der Waals surface area contributed by atoms with Crippen LogP contribution in [0.5, 0.6) is 0 Å². The molecule has 59 heavy (non-hydrogen) atoms. The Balaban J connectivity index is 1.14. The summed E-state index contributed by atoms with van der Waals surface area (Å²) in [6.45, 7) is 0. The number of nitrogens with zero attached hydrogens (tertiary/aromatic N) is 1. The molecule has 0 bridgehead atoms. The zero-order valence-corrected chi connectivity index (χ0v) is 32.2. The average Bonchev–Trinajstić information content (AvgIpc) is 3.84. The number of para-hydroxylation sites is 2. The van der Waals surface area contributed by atoms with E-state index in [1.54, 1.807) is 0 Å². The first kappa shape index (κ1) is 33.5. The summed E-state index contributed by atoms with van der Waals surface area (Å²) in [7, 11) is 0. The lowest BCUT2D eigenvalue weighted by atomic mass is 9.67. The molecule has 0 radical (unpaired) electrons. The highest BCUT2D eigenvalue weighted by Crippen LogP contribution is 2.57. The predicted octanol–water partition coefficient (Wildman–Crippen LogP) is 15.4. The Kier molecular flexibility index (Phi) is 7.48. The van der Waals surface area contributed by atoms with Gasteiger partial charge in [0.1, 0.15) is 5.58 Å². The van der Waals surface area contributed by atoms with Gasteiger partial charge in [0.15, 0.2) is 5.58 Å². The summed E-state index contributed by atoms with van der Waals surface area (Å²) in [5, 5.41) is 7.19. The number of hydrogen-bond donors (Lipinski definition) is 0. The predicted molar refractivity (Wildman–Crippen MR) is 246 cm³/mol. The van der Waals surface area contributed by atoms with Crippen molar-refractivity contribution in [2.24, 2.45) is 0 Å². The highest BCUT2D eigenvalue weighted by molar-refractivity contribution is 6.14. The van der Waals surface area contributed by atoms with Gasteiger partial charge in [0.25, 0.3) is 0 Å². The van der Waals surface area contributed by atoms with Crippen molar-refractivity contribution in [1.82, 2.24) is 0 Å². The van der Waals surface area contributed by atoms with Crippen LogP contribution < -0.4 is 4.90 Å². The molecule has 0 fully saturated rings. The summed E-state index contributed by atoms with van der Waals surface area (Å²) < 4.78 is 6.81. The Bertz CT molecular complexity index is 3360. The summed E-state index contributed by atoms with van der Waals surface area (Å²) >= 11 is 0. The molecule has 11 aromatic rings. The van der Waals surface area contributed by atoms with Crippen molar-refractivity contribution in [2.45, 2.75) is 5.41 Å². The molecule has 1 aromatic heterocycles. The normalized spacial score (nSPS) is 12.9. The molecule has 0 N–H and O–H groups in total. The van der Waals surface area contributed by atoms with Crippen LogP contribution in [0.2, 0.25) is 0 Å². The van der Waals surface area contributed by atoms with Gasteiger partial charge in [0, 0.05) is 22.1 Å². The van der Waals surface area contributed by atoms with Crippen LogP contribution in [0.3, 0.4) is 0 Å². The summed E-state index contributed by atoms with van der Waals surface area (Å²) in [6, 6.07) is 81.8. The van der Waals surface area contributed by atoms with E-state index in [-0.39, 0.29) is 0 Å². The lowest BCUT2D eigenvalue weighted by Gasteiger charge is -2.35. The molecule has 276 valence electrons. The molecule has 0 aliphatic heterocycles. The van der Waals surface area contributed by atoms with Crippen LogP contribution in [0.1, 0.15) is 22.3 Å². The summed E-state index contributed by atoms with van der Waals surface area (Å²) in [6.07, 6.45) is 0. The highest BCUT2D eigenvalue weighted by Gasteiger charge is 2.46. The quantitative estimate of drug-likeness (QED) is 0.157. The molecule has 0 saturated heterocycles. The van der Waals surface area contributed by atoms with Gasteiger partial charge in [0.2, 0.25) is 0 Å². The Morgan fingerprint density at radius 3 is 1.78 bits per heavy atom. The first-order valence-corrected chi connectivity index (χ1v) is 20.3. The van der Waals surface area contributed by atoms with E-state index in [1.807, 2.05) is 6.07 Å². The maximum atomic E-state index is 6.81. The van der Waals surface area contributed by atoms with Crippen molar-refractivity contribution >= 4 is 60.5 Å². The smallest absolute Gasteiger partial charge is 0.159 e. The minimum atomic E-state index is -0.534. The summed E-state index contributed by atoms with van der Waals surface area (Å²) in [4.78, 5) is 2.40. The van der Waals surface area contributed by atoms with E-state index in [2.05, 4.69) is 223 Å². The first-order valence-electron chi connectivity index (χ1n) is 20.3. The molecule has 1 aliphatic carbocycles. The summed E-state index contributed by atoms with van der Waals surface area (Å²) in [5.41, 5.74) is 14.2. The number of benzene rings is 10. The Morgan fingerprint density at radius 1 is 0.356 bits per heavy atom. The van der Waals surface area contributed by atoms with E-state index in [4.69, 9.17) is 4.42 Å². The topological polar surface area (TPSA) is 16.4 Å². The molecule has 0 unspecified atom stereocenters.